The van der Waals surface area contributed by atoms with Crippen LogP contribution in [0.4, 0.5) is 0 Å². The molecule has 1 heterocycles. The van der Waals surface area contributed by atoms with Crippen LogP contribution in [0, 0.1) is 0 Å². The van der Waals surface area contributed by atoms with Crippen LogP contribution >= 0.6 is 0 Å². The average Bonchev–Trinajstić information content (AvgIpc) is 2.36. The first-order valence-corrected chi connectivity index (χ1v) is 6.49. The summed E-state index contributed by atoms with van der Waals surface area (Å²) in [5.41, 5.74) is 8.29. The summed E-state index contributed by atoms with van der Waals surface area (Å²) in [5, 5.41) is 0. The number of hydrogen-bond donors (Lipinski definition) is 1. The van der Waals surface area contributed by atoms with E-state index in [9.17, 15) is 0 Å². The predicted octanol–water partition coefficient (Wildman–Crippen LogP) is 2.30. The minimum Gasteiger partial charge on any atom is -0.371 e. The highest BCUT2D eigenvalue weighted by molar-refractivity contribution is 5.24. The van der Waals surface area contributed by atoms with Crippen molar-refractivity contribution in [3.05, 3.63) is 23.3 Å². The van der Waals surface area contributed by atoms with E-state index in [0.29, 0.717) is 6.61 Å². The maximum Gasteiger partial charge on any atom is 0.157 e. The van der Waals surface area contributed by atoms with E-state index in [1.807, 2.05) is 13.1 Å². The summed E-state index contributed by atoms with van der Waals surface area (Å²) in [6.07, 6.45) is 5.99. The highest BCUT2D eigenvalue weighted by Gasteiger charge is 2.21. The molecule has 1 aromatic rings. The molecule has 2 rings (SSSR count). The van der Waals surface area contributed by atoms with Gasteiger partial charge in [-0.1, -0.05) is 6.92 Å². The van der Waals surface area contributed by atoms with Gasteiger partial charge in [-0.15, -0.1) is 0 Å². The Balaban J connectivity index is 2.25. The third-order valence-corrected chi connectivity index (χ3v) is 3.27. The summed E-state index contributed by atoms with van der Waals surface area (Å²) in [6, 6.07) is 0.111. The molecule has 0 radical (unpaired) electrons. The number of nitrogens with zero attached hydrogens (tertiary/aromatic N) is 2. The molecule has 1 aliphatic carbocycles. The maximum atomic E-state index is 6.05. The van der Waals surface area contributed by atoms with E-state index in [1.165, 1.54) is 0 Å². The fraction of sp³-hybridized carbons (Fsp3) is 0.692. The van der Waals surface area contributed by atoms with Crippen molar-refractivity contribution in [1.82, 2.24) is 9.97 Å². The number of rotatable bonds is 4. The van der Waals surface area contributed by atoms with E-state index in [4.69, 9.17) is 10.5 Å². The molecule has 1 aliphatic rings. The van der Waals surface area contributed by atoms with Crippen LogP contribution < -0.4 is 5.73 Å². The van der Waals surface area contributed by atoms with Crippen LogP contribution in [0.3, 0.4) is 0 Å². The summed E-state index contributed by atoms with van der Waals surface area (Å²) >= 11 is 0. The van der Waals surface area contributed by atoms with Crippen molar-refractivity contribution in [2.75, 3.05) is 6.61 Å². The molecule has 0 aliphatic heterocycles. The second kappa shape index (κ2) is 5.56. The van der Waals surface area contributed by atoms with Gasteiger partial charge in [0.05, 0.1) is 0 Å². The molecular formula is C13H21N3O. The van der Waals surface area contributed by atoms with Crippen LogP contribution in [-0.4, -0.2) is 16.6 Å². The first kappa shape index (κ1) is 12.5. The Kier molecular flexibility index (Phi) is 4.07. The molecular weight excluding hydrogens is 214 g/mol. The van der Waals surface area contributed by atoms with E-state index in [0.717, 1.165) is 42.8 Å². The number of fused-ring (bicyclic) bond motifs is 1. The number of hydrogen-bond acceptors (Lipinski definition) is 4. The molecule has 0 spiro atoms. The van der Waals surface area contributed by atoms with Gasteiger partial charge < -0.3 is 10.5 Å². The molecule has 17 heavy (non-hydrogen) atoms. The lowest BCUT2D eigenvalue weighted by atomic mass is 9.93. The third-order valence-electron chi connectivity index (χ3n) is 3.27. The van der Waals surface area contributed by atoms with Gasteiger partial charge in [0.15, 0.2) is 5.82 Å². The van der Waals surface area contributed by atoms with E-state index in [1.54, 1.807) is 0 Å². The maximum absolute atomic E-state index is 6.05. The van der Waals surface area contributed by atoms with Gasteiger partial charge in [-0.2, -0.15) is 0 Å². The first-order valence-electron chi connectivity index (χ1n) is 6.49. The number of aromatic nitrogens is 2. The fourth-order valence-corrected chi connectivity index (χ4v) is 2.33. The Morgan fingerprint density at radius 3 is 3.06 bits per heavy atom. The molecule has 2 unspecified atom stereocenters. The van der Waals surface area contributed by atoms with Gasteiger partial charge >= 0.3 is 0 Å². The summed E-state index contributed by atoms with van der Waals surface area (Å²) in [5.74, 6) is 0.808. The van der Waals surface area contributed by atoms with Crippen LogP contribution in [0.15, 0.2) is 6.20 Å². The van der Waals surface area contributed by atoms with Gasteiger partial charge in [0.2, 0.25) is 0 Å². The summed E-state index contributed by atoms with van der Waals surface area (Å²) in [4.78, 5) is 9.05. The summed E-state index contributed by atoms with van der Waals surface area (Å²) in [6.45, 7) is 4.78. The molecule has 4 nitrogen and oxygen atoms in total. The Morgan fingerprint density at radius 1 is 1.53 bits per heavy atom. The molecule has 1 aromatic heterocycles. The molecule has 2 N–H and O–H groups in total. The van der Waals surface area contributed by atoms with E-state index < -0.39 is 0 Å². The van der Waals surface area contributed by atoms with E-state index in [-0.39, 0.29) is 12.1 Å². The zero-order valence-electron chi connectivity index (χ0n) is 10.6. The SMILES string of the molecule is CCOC(CC)c1ncc2c(n1)CCCC2N. The molecule has 4 heteroatoms. The lowest BCUT2D eigenvalue weighted by molar-refractivity contribution is 0.0532. The number of nitrogens with two attached hydrogens (primary N) is 1. The second-order valence-electron chi connectivity index (χ2n) is 4.48. The van der Waals surface area contributed by atoms with Crippen LogP contribution in [0.1, 0.15) is 62.3 Å². The highest BCUT2D eigenvalue weighted by atomic mass is 16.5. The molecule has 0 fully saturated rings. The van der Waals surface area contributed by atoms with Crippen molar-refractivity contribution in [2.24, 2.45) is 5.73 Å². The van der Waals surface area contributed by atoms with Crippen molar-refractivity contribution < 1.29 is 4.74 Å². The van der Waals surface area contributed by atoms with Gasteiger partial charge in [-0.3, -0.25) is 0 Å². The van der Waals surface area contributed by atoms with E-state index in [2.05, 4.69) is 16.9 Å². The minimum atomic E-state index is 0.0171. The molecule has 94 valence electrons. The largest absolute Gasteiger partial charge is 0.371 e. The van der Waals surface area contributed by atoms with Crippen molar-refractivity contribution >= 4 is 0 Å². The topological polar surface area (TPSA) is 61.0 Å². The van der Waals surface area contributed by atoms with Crippen LogP contribution in [0.25, 0.3) is 0 Å². The van der Waals surface area contributed by atoms with E-state index >= 15 is 0 Å². The molecule has 0 bridgehead atoms. The van der Waals surface area contributed by atoms with Crippen molar-refractivity contribution in [2.45, 2.75) is 51.7 Å². The molecule has 0 saturated heterocycles. The van der Waals surface area contributed by atoms with Crippen molar-refractivity contribution in [1.29, 1.82) is 0 Å². The standard InChI is InChI=1S/C13H21N3O/c1-3-12(17-4-2)13-15-8-9-10(14)6-5-7-11(9)16-13/h8,10,12H,3-7,14H2,1-2H3. The summed E-state index contributed by atoms with van der Waals surface area (Å²) in [7, 11) is 0. The van der Waals surface area contributed by atoms with Gasteiger partial charge in [-0.25, -0.2) is 9.97 Å². The first-order chi connectivity index (χ1) is 8.26. The average molecular weight is 235 g/mol. The Hall–Kier alpha value is -1.00. The highest BCUT2D eigenvalue weighted by Crippen LogP contribution is 2.27. The van der Waals surface area contributed by atoms with Crippen LogP contribution in [0.2, 0.25) is 0 Å². The Morgan fingerprint density at radius 2 is 2.35 bits per heavy atom. The molecule has 0 saturated carbocycles. The minimum absolute atomic E-state index is 0.0171. The third kappa shape index (κ3) is 2.64. The smallest absolute Gasteiger partial charge is 0.157 e. The van der Waals surface area contributed by atoms with Crippen molar-refractivity contribution in [3.63, 3.8) is 0 Å². The summed E-state index contributed by atoms with van der Waals surface area (Å²) < 4.78 is 5.64. The second-order valence-corrected chi connectivity index (χ2v) is 4.48. The number of aryl methyl sites for hydroxylation is 1. The lowest BCUT2D eigenvalue weighted by Gasteiger charge is -2.22. The Bertz CT molecular complexity index is 381. The quantitative estimate of drug-likeness (QED) is 0.870. The zero-order valence-corrected chi connectivity index (χ0v) is 10.6. The molecule has 2 atom stereocenters. The van der Waals surface area contributed by atoms with Gasteiger partial charge in [0.25, 0.3) is 0 Å². The van der Waals surface area contributed by atoms with Gasteiger partial charge in [0, 0.05) is 30.1 Å². The van der Waals surface area contributed by atoms with Crippen molar-refractivity contribution in [3.8, 4) is 0 Å². The lowest BCUT2D eigenvalue weighted by Crippen LogP contribution is -2.20. The number of ether oxygens (including phenoxy) is 1. The van der Waals surface area contributed by atoms with Gasteiger partial charge in [-0.05, 0) is 32.6 Å². The normalized spacial score (nSPS) is 21.0. The molecule has 0 aromatic carbocycles. The van der Waals surface area contributed by atoms with Gasteiger partial charge in [0.1, 0.15) is 6.10 Å². The molecule has 0 amide bonds. The Labute approximate surface area is 103 Å². The fourth-order valence-electron chi connectivity index (χ4n) is 2.33. The zero-order chi connectivity index (χ0) is 12.3. The van der Waals surface area contributed by atoms with Crippen LogP contribution in [-0.2, 0) is 11.2 Å². The monoisotopic (exact) mass is 235 g/mol. The van der Waals surface area contributed by atoms with Crippen LogP contribution in [0.5, 0.6) is 0 Å². The predicted molar refractivity (Wildman–Crippen MR) is 66.6 cm³/mol.